The summed E-state index contributed by atoms with van der Waals surface area (Å²) in [5.41, 5.74) is 0.513. The number of halogens is 1. The molecule has 100 valence electrons. The number of hydrogen-bond donors (Lipinski definition) is 0. The van der Waals surface area contributed by atoms with Crippen LogP contribution < -0.4 is 9.47 Å². The predicted octanol–water partition coefficient (Wildman–Crippen LogP) is 3.25. The first-order valence-corrected chi connectivity index (χ1v) is 6.63. The minimum absolute atomic E-state index is 0.367. The van der Waals surface area contributed by atoms with E-state index in [0.717, 1.165) is 20.1 Å². The van der Waals surface area contributed by atoms with Crippen molar-refractivity contribution in [1.82, 2.24) is 0 Å². The molecule has 0 heterocycles. The SMILES string of the molecule is COC(=O)c1ccc(OC)c2c(I)c(OC)ccc12. The number of fused-ring (bicyclic) bond motifs is 1. The molecule has 0 saturated carbocycles. The van der Waals surface area contributed by atoms with Gasteiger partial charge in [-0.25, -0.2) is 4.79 Å². The minimum atomic E-state index is -0.367. The van der Waals surface area contributed by atoms with Gasteiger partial charge >= 0.3 is 5.97 Å². The van der Waals surface area contributed by atoms with E-state index in [-0.39, 0.29) is 5.97 Å². The monoisotopic (exact) mass is 372 g/mol. The highest BCUT2D eigenvalue weighted by Crippen LogP contribution is 2.37. The smallest absolute Gasteiger partial charge is 0.338 e. The van der Waals surface area contributed by atoms with Crippen molar-refractivity contribution in [1.29, 1.82) is 0 Å². The third-order valence-electron chi connectivity index (χ3n) is 2.89. The van der Waals surface area contributed by atoms with Gasteiger partial charge in [0, 0.05) is 10.8 Å². The van der Waals surface area contributed by atoms with Crippen molar-refractivity contribution in [2.45, 2.75) is 0 Å². The molecule has 2 aromatic rings. The Balaban J connectivity index is 2.85. The number of ether oxygens (including phenoxy) is 3. The van der Waals surface area contributed by atoms with Crippen molar-refractivity contribution in [3.8, 4) is 11.5 Å². The first-order chi connectivity index (χ1) is 9.13. The summed E-state index contributed by atoms with van der Waals surface area (Å²) in [5.74, 6) is 1.08. The summed E-state index contributed by atoms with van der Waals surface area (Å²) in [7, 11) is 4.58. The largest absolute Gasteiger partial charge is 0.496 e. The Labute approximate surface area is 124 Å². The number of carbonyl (C=O) groups excluding carboxylic acids is 1. The second kappa shape index (κ2) is 5.64. The topological polar surface area (TPSA) is 44.8 Å². The first-order valence-electron chi connectivity index (χ1n) is 5.55. The van der Waals surface area contributed by atoms with E-state index in [1.165, 1.54) is 7.11 Å². The van der Waals surface area contributed by atoms with Crippen LogP contribution in [-0.2, 0) is 4.74 Å². The summed E-state index contributed by atoms with van der Waals surface area (Å²) in [6.07, 6.45) is 0. The van der Waals surface area contributed by atoms with Gasteiger partial charge in [0.05, 0.1) is 30.5 Å². The Kier molecular flexibility index (Phi) is 4.14. The number of esters is 1. The zero-order chi connectivity index (χ0) is 14.0. The highest BCUT2D eigenvalue weighted by Gasteiger charge is 2.17. The number of carbonyl (C=O) groups is 1. The fraction of sp³-hybridized carbons (Fsp3) is 0.214. The summed E-state index contributed by atoms with van der Waals surface area (Å²) in [4.78, 5) is 11.8. The maximum atomic E-state index is 11.8. The zero-order valence-corrected chi connectivity index (χ0v) is 13.0. The number of methoxy groups -OCH3 is 3. The molecule has 0 spiro atoms. The van der Waals surface area contributed by atoms with Crippen molar-refractivity contribution in [3.63, 3.8) is 0 Å². The molecule has 0 aliphatic carbocycles. The van der Waals surface area contributed by atoms with Crippen LogP contribution in [0.2, 0.25) is 0 Å². The van der Waals surface area contributed by atoms with Gasteiger partial charge in [0.2, 0.25) is 0 Å². The van der Waals surface area contributed by atoms with Crippen molar-refractivity contribution in [3.05, 3.63) is 33.4 Å². The second-order valence-corrected chi connectivity index (χ2v) is 4.89. The molecule has 2 rings (SSSR count). The molecule has 0 saturated heterocycles. The molecule has 0 bridgehead atoms. The predicted molar refractivity (Wildman–Crippen MR) is 81.1 cm³/mol. The first kappa shape index (κ1) is 13.9. The molecule has 0 aromatic heterocycles. The summed E-state index contributed by atoms with van der Waals surface area (Å²) in [6, 6.07) is 7.13. The Morgan fingerprint density at radius 1 is 1.00 bits per heavy atom. The molecule has 2 aromatic carbocycles. The van der Waals surface area contributed by atoms with E-state index in [2.05, 4.69) is 22.6 Å². The summed E-state index contributed by atoms with van der Waals surface area (Å²) >= 11 is 2.18. The molecule has 0 amide bonds. The number of benzene rings is 2. The second-order valence-electron chi connectivity index (χ2n) is 3.81. The third-order valence-corrected chi connectivity index (χ3v) is 3.96. The fourth-order valence-corrected chi connectivity index (χ4v) is 2.93. The molecular weight excluding hydrogens is 359 g/mol. The summed E-state index contributed by atoms with van der Waals surface area (Å²) in [6.45, 7) is 0. The average Bonchev–Trinajstić information content (AvgIpc) is 2.45. The Hall–Kier alpha value is -1.50. The van der Waals surface area contributed by atoms with Gasteiger partial charge in [-0.15, -0.1) is 0 Å². The highest BCUT2D eigenvalue weighted by atomic mass is 127. The molecule has 0 radical (unpaired) electrons. The standard InChI is InChI=1S/C14H13IO4/c1-17-10-6-5-9(14(16)19-3)8-4-7-11(18-2)13(15)12(8)10/h4-7H,1-3H3. The van der Waals surface area contributed by atoms with Crippen LogP contribution in [0.25, 0.3) is 10.8 Å². The molecule has 0 aliphatic rings. The molecule has 5 heteroatoms. The summed E-state index contributed by atoms with van der Waals surface area (Å²) < 4.78 is 16.4. The quantitative estimate of drug-likeness (QED) is 0.613. The highest BCUT2D eigenvalue weighted by molar-refractivity contribution is 14.1. The average molecular weight is 372 g/mol. The molecule has 19 heavy (non-hydrogen) atoms. The van der Waals surface area contributed by atoms with Crippen molar-refractivity contribution in [2.24, 2.45) is 0 Å². The lowest BCUT2D eigenvalue weighted by Gasteiger charge is -2.13. The minimum Gasteiger partial charge on any atom is -0.496 e. The van der Waals surface area contributed by atoms with Crippen LogP contribution in [0.3, 0.4) is 0 Å². The lowest BCUT2D eigenvalue weighted by molar-refractivity contribution is 0.0603. The molecule has 4 nitrogen and oxygen atoms in total. The van der Waals surface area contributed by atoms with E-state index < -0.39 is 0 Å². The van der Waals surface area contributed by atoms with Gasteiger partial charge in [-0.05, 0) is 46.9 Å². The van der Waals surface area contributed by atoms with E-state index in [0.29, 0.717) is 11.3 Å². The molecule has 0 N–H and O–H groups in total. The maximum absolute atomic E-state index is 11.8. The fourth-order valence-electron chi connectivity index (χ4n) is 1.97. The van der Waals surface area contributed by atoms with Crippen molar-refractivity contribution >= 4 is 39.3 Å². The van der Waals surface area contributed by atoms with Crippen LogP contribution in [0.1, 0.15) is 10.4 Å². The van der Waals surface area contributed by atoms with Gasteiger partial charge < -0.3 is 14.2 Å². The van der Waals surface area contributed by atoms with E-state index >= 15 is 0 Å². The molecule has 0 atom stereocenters. The van der Waals surface area contributed by atoms with E-state index in [9.17, 15) is 4.79 Å². The van der Waals surface area contributed by atoms with Crippen molar-refractivity contribution in [2.75, 3.05) is 21.3 Å². The lowest BCUT2D eigenvalue weighted by Crippen LogP contribution is -2.03. The Morgan fingerprint density at radius 3 is 2.21 bits per heavy atom. The zero-order valence-electron chi connectivity index (χ0n) is 10.8. The maximum Gasteiger partial charge on any atom is 0.338 e. The van der Waals surface area contributed by atoms with E-state index in [4.69, 9.17) is 14.2 Å². The molecule has 0 fully saturated rings. The molecular formula is C14H13IO4. The normalized spacial score (nSPS) is 10.3. The Morgan fingerprint density at radius 2 is 1.63 bits per heavy atom. The Bertz CT molecular complexity index is 637. The van der Waals surface area contributed by atoms with E-state index in [1.54, 1.807) is 26.4 Å². The van der Waals surface area contributed by atoms with Crippen LogP contribution in [0.15, 0.2) is 24.3 Å². The van der Waals surface area contributed by atoms with Gasteiger partial charge in [0.25, 0.3) is 0 Å². The number of hydrogen-bond acceptors (Lipinski definition) is 4. The van der Waals surface area contributed by atoms with Crippen LogP contribution in [0, 0.1) is 3.57 Å². The summed E-state index contributed by atoms with van der Waals surface area (Å²) in [5, 5.41) is 1.64. The van der Waals surface area contributed by atoms with Crippen molar-refractivity contribution < 1.29 is 19.0 Å². The van der Waals surface area contributed by atoms with Crippen LogP contribution in [0.5, 0.6) is 11.5 Å². The molecule has 0 aliphatic heterocycles. The molecule has 0 unspecified atom stereocenters. The van der Waals surface area contributed by atoms with Crippen LogP contribution >= 0.6 is 22.6 Å². The van der Waals surface area contributed by atoms with Gasteiger partial charge in [0.15, 0.2) is 0 Å². The van der Waals surface area contributed by atoms with E-state index in [1.807, 2.05) is 12.1 Å². The third kappa shape index (κ3) is 2.34. The van der Waals surface area contributed by atoms with Gasteiger partial charge in [-0.1, -0.05) is 0 Å². The van der Waals surface area contributed by atoms with Gasteiger partial charge in [0.1, 0.15) is 11.5 Å². The van der Waals surface area contributed by atoms with Gasteiger partial charge in [-0.3, -0.25) is 0 Å². The van der Waals surface area contributed by atoms with Crippen LogP contribution in [-0.4, -0.2) is 27.3 Å². The number of rotatable bonds is 3. The lowest BCUT2D eigenvalue weighted by atomic mass is 10.0. The van der Waals surface area contributed by atoms with Crippen LogP contribution in [0.4, 0.5) is 0 Å². The van der Waals surface area contributed by atoms with Gasteiger partial charge in [-0.2, -0.15) is 0 Å².